The van der Waals surface area contributed by atoms with E-state index in [9.17, 15) is 8.78 Å². The van der Waals surface area contributed by atoms with Crippen LogP contribution in [0.5, 0.6) is 5.75 Å². The first-order valence-electron chi connectivity index (χ1n) is 8.71. The summed E-state index contributed by atoms with van der Waals surface area (Å²) in [4.78, 5) is 6.44. The normalized spacial score (nSPS) is 11.7. The van der Waals surface area contributed by atoms with Crippen LogP contribution in [0.4, 0.5) is 8.78 Å². The van der Waals surface area contributed by atoms with Crippen molar-refractivity contribution in [1.29, 1.82) is 0 Å². The Balaban J connectivity index is 0.00000676. The Kier molecular flexibility index (Phi) is 13.7. The van der Waals surface area contributed by atoms with Crippen molar-refractivity contribution in [2.45, 2.75) is 45.9 Å². The molecule has 1 rings (SSSR count). The number of halogens is 4. The molecule has 27 heavy (non-hydrogen) atoms. The minimum atomic E-state index is -2.88. The van der Waals surface area contributed by atoms with E-state index in [-0.39, 0.29) is 36.3 Å². The molecular weight excluding hydrogens is 489 g/mol. The van der Waals surface area contributed by atoms with Gasteiger partial charge in [0, 0.05) is 36.8 Å². The van der Waals surface area contributed by atoms with Crippen LogP contribution in [0.15, 0.2) is 23.2 Å². The third kappa shape index (κ3) is 10.9. The molecule has 5 nitrogen and oxygen atoms in total. The highest BCUT2D eigenvalue weighted by Crippen LogP contribution is 2.24. The monoisotopic (exact) mass is 518 g/mol. The van der Waals surface area contributed by atoms with Gasteiger partial charge in [-0.25, -0.2) is 0 Å². The number of guanidine groups is 1. The van der Waals surface area contributed by atoms with E-state index in [0.717, 1.165) is 25.9 Å². The van der Waals surface area contributed by atoms with Crippen molar-refractivity contribution in [3.63, 3.8) is 0 Å². The van der Waals surface area contributed by atoms with Crippen LogP contribution in [0.25, 0.3) is 0 Å². The highest BCUT2D eigenvalue weighted by Gasteiger charge is 2.11. The largest absolute Gasteiger partial charge is 0.434 e. The van der Waals surface area contributed by atoms with Crippen LogP contribution in [0.1, 0.15) is 32.3 Å². The van der Waals surface area contributed by atoms with Crippen molar-refractivity contribution >= 4 is 41.5 Å². The Morgan fingerprint density at radius 2 is 1.96 bits per heavy atom. The third-order valence-electron chi connectivity index (χ3n) is 4.02. The Morgan fingerprint density at radius 1 is 1.26 bits per heavy atom. The van der Waals surface area contributed by atoms with E-state index in [1.807, 2.05) is 0 Å². The Labute approximate surface area is 182 Å². The maximum atomic E-state index is 12.5. The van der Waals surface area contributed by atoms with Gasteiger partial charge in [-0.15, -0.1) is 24.0 Å². The number of nitrogens with one attached hydrogen (secondary N) is 2. The predicted octanol–water partition coefficient (Wildman–Crippen LogP) is 4.34. The van der Waals surface area contributed by atoms with E-state index in [1.165, 1.54) is 12.1 Å². The molecule has 0 aliphatic heterocycles. The van der Waals surface area contributed by atoms with Gasteiger partial charge < -0.3 is 20.3 Å². The van der Waals surface area contributed by atoms with Crippen molar-refractivity contribution in [2.75, 3.05) is 27.2 Å². The lowest BCUT2D eigenvalue weighted by Crippen LogP contribution is -2.37. The summed E-state index contributed by atoms with van der Waals surface area (Å²) in [6.45, 7) is 3.57. The topological polar surface area (TPSA) is 48.9 Å². The van der Waals surface area contributed by atoms with E-state index in [1.54, 1.807) is 13.1 Å². The van der Waals surface area contributed by atoms with Crippen molar-refractivity contribution in [1.82, 2.24) is 15.5 Å². The number of hydrogen-bond acceptors (Lipinski definition) is 3. The number of alkyl halides is 2. The summed E-state index contributed by atoms with van der Waals surface area (Å²) in [5.41, 5.74) is 0.541. The Hall–Kier alpha value is -0.870. The van der Waals surface area contributed by atoms with Crippen molar-refractivity contribution in [3.05, 3.63) is 28.8 Å². The van der Waals surface area contributed by atoms with Gasteiger partial charge >= 0.3 is 6.61 Å². The molecule has 0 aromatic heterocycles. The van der Waals surface area contributed by atoms with Crippen LogP contribution in [-0.2, 0) is 6.54 Å². The van der Waals surface area contributed by atoms with Gasteiger partial charge in [0.15, 0.2) is 5.96 Å². The average Bonchev–Trinajstić information content (AvgIpc) is 2.58. The smallest absolute Gasteiger partial charge is 0.387 e. The van der Waals surface area contributed by atoms with Crippen LogP contribution in [0.2, 0.25) is 5.02 Å². The fourth-order valence-corrected chi connectivity index (χ4v) is 2.44. The molecule has 2 N–H and O–H groups in total. The van der Waals surface area contributed by atoms with Gasteiger partial charge in [0.1, 0.15) is 5.75 Å². The minimum absolute atomic E-state index is 0. The number of hydrogen-bond donors (Lipinski definition) is 2. The highest BCUT2D eigenvalue weighted by molar-refractivity contribution is 14.0. The molecular formula is C18H30ClF2IN4O. The molecule has 0 radical (unpaired) electrons. The lowest BCUT2D eigenvalue weighted by atomic mass is 10.2. The van der Waals surface area contributed by atoms with Gasteiger partial charge in [0.25, 0.3) is 0 Å². The number of nitrogens with zero attached hydrogens (tertiary/aromatic N) is 2. The quantitative estimate of drug-likeness (QED) is 0.209. The fraction of sp³-hybridized carbons (Fsp3) is 0.611. The molecule has 0 atom stereocenters. The van der Waals surface area contributed by atoms with E-state index < -0.39 is 6.61 Å². The molecule has 0 saturated carbocycles. The fourth-order valence-electron chi connectivity index (χ4n) is 2.25. The first-order valence-corrected chi connectivity index (χ1v) is 9.09. The summed E-state index contributed by atoms with van der Waals surface area (Å²) in [5.74, 6) is 0.703. The van der Waals surface area contributed by atoms with Gasteiger partial charge in [-0.2, -0.15) is 8.78 Å². The molecule has 0 bridgehead atoms. The van der Waals surface area contributed by atoms with Gasteiger partial charge in [-0.3, -0.25) is 4.99 Å². The average molecular weight is 519 g/mol. The summed E-state index contributed by atoms with van der Waals surface area (Å²) in [6.07, 6.45) is 2.09. The highest BCUT2D eigenvalue weighted by atomic mass is 127. The van der Waals surface area contributed by atoms with E-state index in [2.05, 4.69) is 46.2 Å². The molecule has 9 heteroatoms. The van der Waals surface area contributed by atoms with Crippen molar-refractivity contribution in [3.8, 4) is 5.75 Å². The van der Waals surface area contributed by atoms with Gasteiger partial charge in [-0.05, 0) is 58.5 Å². The van der Waals surface area contributed by atoms with Crippen molar-refractivity contribution in [2.24, 2.45) is 4.99 Å². The number of ether oxygens (including phenoxy) is 1. The van der Waals surface area contributed by atoms with Crippen LogP contribution in [0.3, 0.4) is 0 Å². The molecule has 1 aromatic rings. The third-order valence-corrected chi connectivity index (χ3v) is 4.26. The summed E-state index contributed by atoms with van der Waals surface area (Å²) >= 11 is 5.95. The molecule has 156 valence electrons. The molecule has 0 saturated heterocycles. The summed E-state index contributed by atoms with van der Waals surface area (Å²) in [5, 5.41) is 6.76. The van der Waals surface area contributed by atoms with Crippen molar-refractivity contribution < 1.29 is 13.5 Å². The summed E-state index contributed by atoms with van der Waals surface area (Å²) < 4.78 is 29.5. The Morgan fingerprint density at radius 3 is 2.56 bits per heavy atom. The predicted molar refractivity (Wildman–Crippen MR) is 119 cm³/mol. The van der Waals surface area contributed by atoms with E-state index in [4.69, 9.17) is 11.6 Å². The first-order chi connectivity index (χ1) is 12.3. The van der Waals surface area contributed by atoms with E-state index >= 15 is 0 Å². The first kappa shape index (κ1) is 26.1. The molecule has 0 fully saturated rings. The zero-order valence-electron chi connectivity index (χ0n) is 16.3. The number of rotatable bonds is 10. The lowest BCUT2D eigenvalue weighted by molar-refractivity contribution is -0.0504. The standard InChI is InChI=1S/C18H29ClF2N4O.HI/c1-13(2)25(4)10-6-5-9-23-18(22-3)24-12-14-11-15(19)7-8-16(14)26-17(20)21;/h7-8,11,13,17H,5-6,9-10,12H2,1-4H3,(H2,22,23,24);1H. The SMILES string of the molecule is CN=C(NCCCCN(C)C(C)C)NCc1cc(Cl)ccc1OC(F)F.I. The second kappa shape index (κ2) is 14.2. The number of benzene rings is 1. The van der Waals surface area contributed by atoms with Crippen LogP contribution in [-0.4, -0.2) is 50.7 Å². The van der Waals surface area contributed by atoms with Crippen LogP contribution >= 0.6 is 35.6 Å². The second-order valence-corrected chi connectivity index (χ2v) is 6.70. The van der Waals surface area contributed by atoms with Crippen LogP contribution < -0.4 is 15.4 Å². The molecule has 0 aliphatic rings. The second-order valence-electron chi connectivity index (χ2n) is 6.26. The maximum Gasteiger partial charge on any atom is 0.387 e. The molecule has 0 unspecified atom stereocenters. The number of aliphatic imine (C=N–C) groups is 1. The summed E-state index contributed by atoms with van der Waals surface area (Å²) in [7, 11) is 3.78. The van der Waals surface area contributed by atoms with Gasteiger partial charge in [0.05, 0.1) is 0 Å². The van der Waals surface area contributed by atoms with Gasteiger partial charge in [-0.1, -0.05) is 11.6 Å². The summed E-state index contributed by atoms with van der Waals surface area (Å²) in [6, 6.07) is 5.10. The molecule has 0 spiro atoms. The maximum absolute atomic E-state index is 12.5. The molecule has 1 aromatic carbocycles. The zero-order chi connectivity index (χ0) is 19.5. The Bertz CT molecular complexity index is 576. The molecule has 0 amide bonds. The number of unbranched alkanes of at least 4 members (excludes halogenated alkanes) is 1. The molecule has 0 heterocycles. The van der Waals surface area contributed by atoms with E-state index in [0.29, 0.717) is 22.6 Å². The zero-order valence-corrected chi connectivity index (χ0v) is 19.4. The minimum Gasteiger partial charge on any atom is -0.434 e. The lowest BCUT2D eigenvalue weighted by Gasteiger charge is -2.20. The van der Waals surface area contributed by atoms with Gasteiger partial charge in [0.2, 0.25) is 0 Å². The molecule has 0 aliphatic carbocycles. The van der Waals surface area contributed by atoms with Crippen LogP contribution in [0, 0.1) is 0 Å².